The van der Waals surface area contributed by atoms with E-state index in [-0.39, 0.29) is 45.6 Å². The number of hydrogen-bond acceptors (Lipinski definition) is 7. The van der Waals surface area contributed by atoms with Crippen molar-refractivity contribution in [3.8, 4) is 0 Å². The van der Waals surface area contributed by atoms with Crippen LogP contribution in [0.5, 0.6) is 0 Å². The standard InChI is InChI=1S/C25H25F6N5O2/c1-13-20-16(8-18(21(33-20)25(29,30)31)36-7-6-23(10-36)11-38-12-23)22(35-34-13)32-9-15-4-3-5-17(19(15)26)24(27,28)14(2)37/h3-5,8,14,37H,6-7,9-12H2,1-2H3,(H,32,35). The minimum absolute atomic E-state index is 0.0288. The Morgan fingerprint density at radius 2 is 1.92 bits per heavy atom. The highest BCUT2D eigenvalue weighted by atomic mass is 19.4. The fourth-order valence-electron chi connectivity index (χ4n) is 4.91. The number of aryl methyl sites for hydroxylation is 1. The lowest BCUT2D eigenvalue weighted by Gasteiger charge is -2.38. The summed E-state index contributed by atoms with van der Waals surface area (Å²) in [7, 11) is 0. The van der Waals surface area contributed by atoms with E-state index < -0.39 is 35.3 Å². The molecule has 2 saturated heterocycles. The van der Waals surface area contributed by atoms with E-state index in [2.05, 4.69) is 20.5 Å². The predicted octanol–water partition coefficient (Wildman–Crippen LogP) is 4.80. The molecule has 204 valence electrons. The van der Waals surface area contributed by atoms with E-state index in [0.717, 1.165) is 13.0 Å². The second-order valence-corrected chi connectivity index (χ2v) is 9.98. The largest absolute Gasteiger partial charge is 0.435 e. The summed E-state index contributed by atoms with van der Waals surface area (Å²) in [5, 5.41) is 20.4. The van der Waals surface area contributed by atoms with Crippen molar-refractivity contribution in [3.05, 3.63) is 52.6 Å². The summed E-state index contributed by atoms with van der Waals surface area (Å²) in [6.45, 7) is 3.78. The molecular weight excluding hydrogens is 516 g/mol. The molecule has 2 fully saturated rings. The van der Waals surface area contributed by atoms with Gasteiger partial charge in [-0.05, 0) is 32.4 Å². The Morgan fingerprint density at radius 1 is 1.18 bits per heavy atom. The van der Waals surface area contributed by atoms with Crippen LogP contribution >= 0.6 is 0 Å². The lowest BCUT2D eigenvalue weighted by molar-refractivity contribution is -0.140. The zero-order valence-corrected chi connectivity index (χ0v) is 20.5. The van der Waals surface area contributed by atoms with E-state index in [0.29, 0.717) is 32.7 Å². The third-order valence-electron chi connectivity index (χ3n) is 7.17. The number of anilines is 2. The zero-order valence-electron chi connectivity index (χ0n) is 20.5. The summed E-state index contributed by atoms with van der Waals surface area (Å²) in [4.78, 5) is 5.58. The van der Waals surface area contributed by atoms with E-state index in [1.807, 2.05) is 0 Å². The number of hydrogen-bond donors (Lipinski definition) is 2. The maximum absolute atomic E-state index is 15.0. The molecule has 0 aliphatic carbocycles. The zero-order chi connectivity index (χ0) is 27.5. The van der Waals surface area contributed by atoms with Crippen LogP contribution in [0.1, 0.15) is 35.9 Å². The van der Waals surface area contributed by atoms with E-state index in [9.17, 15) is 31.4 Å². The van der Waals surface area contributed by atoms with Crippen molar-refractivity contribution in [1.82, 2.24) is 15.2 Å². The molecule has 0 bridgehead atoms. The fourth-order valence-corrected chi connectivity index (χ4v) is 4.91. The molecule has 4 heterocycles. The minimum atomic E-state index is -4.72. The topological polar surface area (TPSA) is 83.4 Å². The molecule has 1 unspecified atom stereocenters. The molecule has 3 aromatic rings. The number of nitrogens with one attached hydrogen (secondary N) is 1. The first-order chi connectivity index (χ1) is 17.8. The molecule has 1 aromatic carbocycles. The molecule has 7 nitrogen and oxygen atoms in total. The molecule has 2 aromatic heterocycles. The first-order valence-electron chi connectivity index (χ1n) is 12.0. The predicted molar refractivity (Wildman–Crippen MR) is 126 cm³/mol. The van der Waals surface area contributed by atoms with E-state index >= 15 is 0 Å². The number of aliphatic hydroxyl groups is 1. The van der Waals surface area contributed by atoms with Gasteiger partial charge in [0.1, 0.15) is 11.9 Å². The SMILES string of the molecule is Cc1nnc(NCc2cccc(C(F)(F)C(C)O)c2F)c2cc(N3CCC4(COC4)C3)c(C(F)(F)F)nc12. The van der Waals surface area contributed by atoms with Gasteiger partial charge in [0.05, 0.1) is 35.7 Å². The quantitative estimate of drug-likeness (QED) is 0.434. The lowest BCUT2D eigenvalue weighted by Crippen LogP contribution is -2.44. The Balaban J connectivity index is 1.53. The third kappa shape index (κ3) is 4.51. The van der Waals surface area contributed by atoms with Crippen LogP contribution < -0.4 is 10.2 Å². The molecule has 13 heteroatoms. The van der Waals surface area contributed by atoms with Crippen LogP contribution in [0.2, 0.25) is 0 Å². The van der Waals surface area contributed by atoms with Crippen LogP contribution in [0.4, 0.5) is 37.8 Å². The molecule has 0 amide bonds. The van der Waals surface area contributed by atoms with Crippen LogP contribution in [-0.2, 0) is 23.4 Å². The maximum atomic E-state index is 15.0. The number of nitrogens with zero attached hydrogens (tertiary/aromatic N) is 4. The first-order valence-corrected chi connectivity index (χ1v) is 12.0. The number of rotatable bonds is 6. The molecule has 2 aliphatic rings. The summed E-state index contributed by atoms with van der Waals surface area (Å²) >= 11 is 0. The van der Waals surface area contributed by atoms with Gasteiger partial charge in [-0.3, -0.25) is 0 Å². The maximum Gasteiger partial charge on any atom is 0.435 e. The van der Waals surface area contributed by atoms with Gasteiger partial charge in [0.25, 0.3) is 0 Å². The van der Waals surface area contributed by atoms with Gasteiger partial charge in [-0.25, -0.2) is 9.37 Å². The molecule has 2 N–H and O–H groups in total. The summed E-state index contributed by atoms with van der Waals surface area (Å²) in [5.41, 5.74) is -2.30. The van der Waals surface area contributed by atoms with Crippen molar-refractivity contribution in [2.45, 2.75) is 45.0 Å². The Bertz CT molecular complexity index is 1380. The van der Waals surface area contributed by atoms with Gasteiger partial charge < -0.3 is 20.1 Å². The van der Waals surface area contributed by atoms with Crippen molar-refractivity contribution in [2.24, 2.45) is 5.41 Å². The van der Waals surface area contributed by atoms with Gasteiger partial charge in [0.15, 0.2) is 11.5 Å². The number of alkyl halides is 5. The summed E-state index contributed by atoms with van der Waals surface area (Å²) < 4.78 is 91.0. The van der Waals surface area contributed by atoms with E-state index in [1.54, 1.807) is 4.90 Å². The highest BCUT2D eigenvalue weighted by Gasteiger charge is 2.47. The van der Waals surface area contributed by atoms with Gasteiger partial charge >= 0.3 is 12.1 Å². The number of halogens is 6. The van der Waals surface area contributed by atoms with Crippen molar-refractivity contribution >= 4 is 22.4 Å². The third-order valence-corrected chi connectivity index (χ3v) is 7.17. The van der Waals surface area contributed by atoms with Gasteiger partial charge in [-0.15, -0.1) is 5.10 Å². The van der Waals surface area contributed by atoms with Gasteiger partial charge in [0.2, 0.25) is 0 Å². The molecule has 38 heavy (non-hydrogen) atoms. The van der Waals surface area contributed by atoms with E-state index in [1.165, 1.54) is 25.1 Å². The Kier molecular flexibility index (Phi) is 6.41. The van der Waals surface area contributed by atoms with Gasteiger partial charge in [-0.1, -0.05) is 12.1 Å². The highest BCUT2D eigenvalue weighted by molar-refractivity contribution is 5.93. The second-order valence-electron chi connectivity index (χ2n) is 9.98. The number of ether oxygens (including phenoxy) is 1. The van der Waals surface area contributed by atoms with Crippen molar-refractivity contribution in [1.29, 1.82) is 0 Å². The highest BCUT2D eigenvalue weighted by Crippen LogP contribution is 2.44. The summed E-state index contributed by atoms with van der Waals surface area (Å²) in [5.74, 6) is -5.00. The molecule has 1 spiro atoms. The van der Waals surface area contributed by atoms with Crippen molar-refractivity contribution < 1.29 is 36.2 Å². The summed E-state index contributed by atoms with van der Waals surface area (Å²) in [6.07, 6.45) is -6.15. The Hall–Kier alpha value is -3.19. The average Bonchev–Trinajstić information content (AvgIpc) is 3.30. The van der Waals surface area contributed by atoms with E-state index in [4.69, 9.17) is 4.74 Å². The minimum Gasteiger partial charge on any atom is -0.387 e. The van der Waals surface area contributed by atoms with Crippen LogP contribution in [0, 0.1) is 18.2 Å². The van der Waals surface area contributed by atoms with Crippen LogP contribution in [-0.4, -0.2) is 52.7 Å². The normalized spacial score (nSPS) is 18.2. The first kappa shape index (κ1) is 26.4. The number of pyridine rings is 1. The van der Waals surface area contributed by atoms with Gasteiger partial charge in [0, 0.05) is 36.0 Å². The number of aromatic nitrogens is 3. The van der Waals surface area contributed by atoms with Crippen molar-refractivity contribution in [2.75, 3.05) is 36.5 Å². The van der Waals surface area contributed by atoms with Crippen molar-refractivity contribution in [3.63, 3.8) is 0 Å². The number of benzene rings is 1. The Labute approximate surface area is 213 Å². The number of fused-ring (bicyclic) bond motifs is 1. The van der Waals surface area contributed by atoms with Crippen LogP contribution in [0.3, 0.4) is 0 Å². The lowest BCUT2D eigenvalue weighted by atomic mass is 9.85. The Morgan fingerprint density at radius 3 is 2.53 bits per heavy atom. The van der Waals surface area contributed by atoms with Gasteiger partial charge in [-0.2, -0.15) is 27.1 Å². The number of aliphatic hydroxyl groups excluding tert-OH is 1. The summed E-state index contributed by atoms with van der Waals surface area (Å²) in [6, 6.07) is 4.75. The molecule has 0 radical (unpaired) electrons. The monoisotopic (exact) mass is 541 g/mol. The second kappa shape index (κ2) is 9.23. The molecule has 0 saturated carbocycles. The molecule has 5 rings (SSSR count). The fraction of sp³-hybridized carbons (Fsp3) is 0.480. The smallest absolute Gasteiger partial charge is 0.387 e. The average molecular weight is 541 g/mol. The molecule has 1 atom stereocenters. The molecule has 2 aliphatic heterocycles. The van der Waals surface area contributed by atoms with Crippen LogP contribution in [0.25, 0.3) is 10.9 Å². The van der Waals surface area contributed by atoms with Crippen LogP contribution in [0.15, 0.2) is 24.3 Å². The molecular formula is C25H25F6N5O2.